The van der Waals surface area contributed by atoms with E-state index in [9.17, 15) is 4.39 Å². The van der Waals surface area contributed by atoms with E-state index in [1.165, 1.54) is 12.1 Å². The lowest BCUT2D eigenvalue weighted by Gasteiger charge is -2.22. The SMILES string of the molecule is CCOCCN(CCOCC)Cc1ccc(F)cc1Br. The standard InChI is InChI=1S/C15H23BrFNO2/c1-3-19-9-7-18(8-10-20-4-2)12-13-5-6-14(17)11-15(13)16/h5-6,11H,3-4,7-10,12H2,1-2H3. The summed E-state index contributed by atoms with van der Waals surface area (Å²) in [4.78, 5) is 2.25. The van der Waals surface area contributed by atoms with E-state index in [0.717, 1.165) is 42.9 Å². The quantitative estimate of drug-likeness (QED) is 0.605. The molecule has 1 rings (SSSR count). The number of nitrogens with zero attached hydrogens (tertiary/aromatic N) is 1. The summed E-state index contributed by atoms with van der Waals surface area (Å²) in [6, 6.07) is 4.80. The topological polar surface area (TPSA) is 21.7 Å². The molecule has 0 aliphatic carbocycles. The van der Waals surface area contributed by atoms with Gasteiger partial charge >= 0.3 is 0 Å². The second kappa shape index (κ2) is 10.3. The predicted octanol–water partition coefficient (Wildman–Crippen LogP) is 3.46. The number of benzene rings is 1. The third-order valence-electron chi connectivity index (χ3n) is 2.92. The van der Waals surface area contributed by atoms with Gasteiger partial charge in [-0.1, -0.05) is 22.0 Å². The molecule has 1 aromatic rings. The molecule has 0 fully saturated rings. The smallest absolute Gasteiger partial charge is 0.124 e. The first kappa shape index (κ1) is 17.6. The van der Waals surface area contributed by atoms with Crippen molar-refractivity contribution in [2.45, 2.75) is 20.4 Å². The minimum absolute atomic E-state index is 0.226. The summed E-state index contributed by atoms with van der Waals surface area (Å²) >= 11 is 3.41. The molecule has 0 atom stereocenters. The van der Waals surface area contributed by atoms with Crippen LogP contribution in [-0.4, -0.2) is 44.4 Å². The molecule has 0 unspecified atom stereocenters. The van der Waals surface area contributed by atoms with Crippen LogP contribution in [-0.2, 0) is 16.0 Å². The van der Waals surface area contributed by atoms with Crippen LogP contribution >= 0.6 is 15.9 Å². The van der Waals surface area contributed by atoms with Crippen molar-refractivity contribution in [2.75, 3.05) is 39.5 Å². The number of halogens is 2. The van der Waals surface area contributed by atoms with Crippen LogP contribution in [0.3, 0.4) is 0 Å². The van der Waals surface area contributed by atoms with Crippen LogP contribution in [0.25, 0.3) is 0 Å². The summed E-state index contributed by atoms with van der Waals surface area (Å²) in [5.41, 5.74) is 1.07. The van der Waals surface area contributed by atoms with Crippen LogP contribution in [0.2, 0.25) is 0 Å². The zero-order valence-electron chi connectivity index (χ0n) is 12.2. The van der Waals surface area contributed by atoms with Crippen LogP contribution in [0, 0.1) is 5.82 Å². The molecule has 20 heavy (non-hydrogen) atoms. The Morgan fingerprint density at radius 2 is 1.70 bits per heavy atom. The van der Waals surface area contributed by atoms with E-state index in [1.807, 2.05) is 19.9 Å². The molecule has 114 valence electrons. The van der Waals surface area contributed by atoms with Crippen molar-refractivity contribution in [3.05, 3.63) is 34.1 Å². The minimum atomic E-state index is -0.226. The van der Waals surface area contributed by atoms with Crippen LogP contribution in [0.15, 0.2) is 22.7 Å². The molecule has 0 saturated heterocycles. The normalized spacial score (nSPS) is 11.2. The molecular weight excluding hydrogens is 325 g/mol. The van der Waals surface area contributed by atoms with Gasteiger partial charge in [-0.15, -0.1) is 0 Å². The molecule has 0 saturated carbocycles. The Morgan fingerprint density at radius 1 is 1.10 bits per heavy atom. The molecule has 0 aromatic heterocycles. The lowest BCUT2D eigenvalue weighted by atomic mass is 10.2. The average Bonchev–Trinajstić information content (AvgIpc) is 2.42. The molecule has 0 N–H and O–H groups in total. The largest absolute Gasteiger partial charge is 0.380 e. The van der Waals surface area contributed by atoms with E-state index in [4.69, 9.17) is 9.47 Å². The van der Waals surface area contributed by atoms with Gasteiger partial charge < -0.3 is 9.47 Å². The Hall–Kier alpha value is -0.490. The molecule has 0 spiro atoms. The van der Waals surface area contributed by atoms with Gasteiger partial charge in [0.2, 0.25) is 0 Å². The highest BCUT2D eigenvalue weighted by Crippen LogP contribution is 2.19. The second-order valence-electron chi connectivity index (χ2n) is 4.41. The zero-order valence-corrected chi connectivity index (χ0v) is 13.8. The highest BCUT2D eigenvalue weighted by molar-refractivity contribution is 9.10. The maximum Gasteiger partial charge on any atom is 0.124 e. The number of ether oxygens (including phenoxy) is 2. The van der Waals surface area contributed by atoms with E-state index < -0.39 is 0 Å². The van der Waals surface area contributed by atoms with Gasteiger partial charge in [-0.3, -0.25) is 4.90 Å². The third kappa shape index (κ3) is 6.79. The first-order valence-electron chi connectivity index (χ1n) is 6.99. The number of hydrogen-bond donors (Lipinski definition) is 0. The van der Waals surface area contributed by atoms with Gasteiger partial charge in [0.15, 0.2) is 0 Å². The summed E-state index contributed by atoms with van der Waals surface area (Å²) in [5, 5.41) is 0. The molecule has 0 heterocycles. The average molecular weight is 348 g/mol. The van der Waals surface area contributed by atoms with Gasteiger partial charge in [0.05, 0.1) is 13.2 Å². The van der Waals surface area contributed by atoms with E-state index in [0.29, 0.717) is 13.2 Å². The Labute approximate surface area is 129 Å². The van der Waals surface area contributed by atoms with Gasteiger partial charge in [-0.05, 0) is 31.5 Å². The van der Waals surface area contributed by atoms with Crippen molar-refractivity contribution in [3.63, 3.8) is 0 Å². The van der Waals surface area contributed by atoms with Gasteiger partial charge in [0.1, 0.15) is 5.82 Å². The van der Waals surface area contributed by atoms with Crippen LogP contribution in [0.5, 0.6) is 0 Å². The van der Waals surface area contributed by atoms with Gasteiger partial charge in [0, 0.05) is 37.3 Å². The molecule has 1 aromatic carbocycles. The molecule has 0 bridgehead atoms. The first-order valence-corrected chi connectivity index (χ1v) is 7.78. The zero-order chi connectivity index (χ0) is 14.8. The monoisotopic (exact) mass is 347 g/mol. The number of rotatable bonds is 10. The minimum Gasteiger partial charge on any atom is -0.380 e. The molecule has 0 amide bonds. The van der Waals surface area contributed by atoms with Crippen molar-refractivity contribution in [3.8, 4) is 0 Å². The van der Waals surface area contributed by atoms with E-state index >= 15 is 0 Å². The van der Waals surface area contributed by atoms with E-state index in [-0.39, 0.29) is 5.82 Å². The van der Waals surface area contributed by atoms with Crippen molar-refractivity contribution >= 4 is 15.9 Å². The lowest BCUT2D eigenvalue weighted by molar-refractivity contribution is 0.0797. The predicted molar refractivity (Wildman–Crippen MR) is 82.4 cm³/mol. The summed E-state index contributed by atoms with van der Waals surface area (Å²) in [5.74, 6) is -0.226. The molecule has 3 nitrogen and oxygen atoms in total. The van der Waals surface area contributed by atoms with Crippen molar-refractivity contribution in [1.29, 1.82) is 0 Å². The lowest BCUT2D eigenvalue weighted by Crippen LogP contribution is -2.31. The van der Waals surface area contributed by atoms with Crippen molar-refractivity contribution < 1.29 is 13.9 Å². The highest BCUT2D eigenvalue weighted by Gasteiger charge is 2.09. The highest BCUT2D eigenvalue weighted by atomic mass is 79.9. The van der Waals surface area contributed by atoms with Gasteiger partial charge in [-0.2, -0.15) is 0 Å². The van der Waals surface area contributed by atoms with Gasteiger partial charge in [-0.25, -0.2) is 4.39 Å². The summed E-state index contributed by atoms with van der Waals surface area (Å²) in [7, 11) is 0. The molecule has 0 aliphatic heterocycles. The summed E-state index contributed by atoms with van der Waals surface area (Å²) < 4.78 is 24.7. The summed E-state index contributed by atoms with van der Waals surface area (Å²) in [6.07, 6.45) is 0. The third-order valence-corrected chi connectivity index (χ3v) is 3.66. The van der Waals surface area contributed by atoms with Crippen LogP contribution in [0.4, 0.5) is 4.39 Å². The number of hydrogen-bond acceptors (Lipinski definition) is 3. The fourth-order valence-electron chi connectivity index (χ4n) is 1.84. The maximum atomic E-state index is 13.1. The fourth-order valence-corrected chi connectivity index (χ4v) is 2.31. The molecule has 0 radical (unpaired) electrons. The van der Waals surface area contributed by atoms with E-state index in [2.05, 4.69) is 20.8 Å². The Kier molecular flexibility index (Phi) is 9.02. The molecule has 5 heteroatoms. The Balaban J connectivity index is 2.56. The van der Waals surface area contributed by atoms with Crippen molar-refractivity contribution in [1.82, 2.24) is 4.90 Å². The van der Waals surface area contributed by atoms with Crippen LogP contribution < -0.4 is 0 Å². The Morgan fingerprint density at radius 3 is 2.20 bits per heavy atom. The van der Waals surface area contributed by atoms with Gasteiger partial charge in [0.25, 0.3) is 0 Å². The Bertz CT molecular complexity index is 380. The summed E-state index contributed by atoms with van der Waals surface area (Å²) in [6.45, 7) is 9.24. The van der Waals surface area contributed by atoms with Crippen LogP contribution in [0.1, 0.15) is 19.4 Å². The molecule has 0 aliphatic rings. The fraction of sp³-hybridized carbons (Fsp3) is 0.600. The maximum absolute atomic E-state index is 13.1. The second-order valence-corrected chi connectivity index (χ2v) is 5.26. The van der Waals surface area contributed by atoms with E-state index in [1.54, 1.807) is 0 Å². The first-order chi connectivity index (χ1) is 9.67. The molecular formula is C15H23BrFNO2. The van der Waals surface area contributed by atoms with Crippen molar-refractivity contribution in [2.24, 2.45) is 0 Å².